The number of hydrogen-bond acceptors (Lipinski definition) is 7. The number of morpholine rings is 1. The van der Waals surface area contributed by atoms with E-state index in [1.165, 1.54) is 0 Å². The van der Waals surface area contributed by atoms with Gasteiger partial charge in [-0.15, -0.1) is 0 Å². The number of unbranched alkanes of at least 4 members (excludes halogenated alkanes) is 1. The topological polar surface area (TPSA) is 92.2 Å². The number of aromatic nitrogens is 1. The van der Waals surface area contributed by atoms with Crippen LogP contribution in [0.2, 0.25) is 0 Å². The molecule has 2 aliphatic rings. The Morgan fingerprint density at radius 1 is 1.11 bits per heavy atom. The van der Waals surface area contributed by atoms with E-state index < -0.39 is 17.7 Å². The summed E-state index contributed by atoms with van der Waals surface area (Å²) in [4.78, 5) is 34.3. The Labute approximate surface area is 206 Å². The molecule has 186 valence electrons. The molecule has 1 aromatic heterocycles. The van der Waals surface area contributed by atoms with Crippen molar-refractivity contribution in [3.63, 3.8) is 0 Å². The van der Waals surface area contributed by atoms with Crippen molar-refractivity contribution in [1.82, 2.24) is 14.8 Å². The Hall–Kier alpha value is -3.23. The summed E-state index contributed by atoms with van der Waals surface area (Å²) in [5.41, 5.74) is 1.25. The highest BCUT2D eigenvalue weighted by Crippen LogP contribution is 2.39. The first-order chi connectivity index (χ1) is 17.1. The van der Waals surface area contributed by atoms with Gasteiger partial charge in [0.15, 0.2) is 0 Å². The quantitative estimate of drug-likeness (QED) is 0.242. The number of aliphatic hydroxyl groups excluding tert-OH is 1. The van der Waals surface area contributed by atoms with E-state index in [2.05, 4.69) is 16.8 Å². The third-order valence-electron chi connectivity index (χ3n) is 6.41. The molecule has 1 atom stereocenters. The normalized spacial score (nSPS) is 20.4. The van der Waals surface area contributed by atoms with Gasteiger partial charge in [-0.1, -0.05) is 19.4 Å². The number of Topliss-reactive ketones (excluding diaryl/α,β-unsaturated/α-hetero) is 1. The maximum atomic E-state index is 13.1. The summed E-state index contributed by atoms with van der Waals surface area (Å²) in [5.74, 6) is -0.761. The summed E-state index contributed by atoms with van der Waals surface area (Å²) in [6, 6.07) is 9.87. The fourth-order valence-electron chi connectivity index (χ4n) is 4.48. The second kappa shape index (κ2) is 12.0. The molecule has 0 saturated carbocycles. The van der Waals surface area contributed by atoms with E-state index in [0.717, 1.165) is 32.5 Å². The maximum Gasteiger partial charge on any atom is 0.295 e. The van der Waals surface area contributed by atoms with Gasteiger partial charge in [-0.3, -0.25) is 19.5 Å². The van der Waals surface area contributed by atoms with Gasteiger partial charge in [0, 0.05) is 44.1 Å². The molecule has 2 saturated heterocycles. The van der Waals surface area contributed by atoms with Gasteiger partial charge in [0.05, 0.1) is 31.4 Å². The van der Waals surface area contributed by atoms with Crippen molar-refractivity contribution in [2.45, 2.75) is 32.2 Å². The van der Waals surface area contributed by atoms with E-state index in [1.54, 1.807) is 47.6 Å². The minimum Gasteiger partial charge on any atom is -0.507 e. The van der Waals surface area contributed by atoms with Crippen molar-refractivity contribution >= 4 is 17.4 Å². The van der Waals surface area contributed by atoms with Gasteiger partial charge in [-0.25, -0.2) is 0 Å². The van der Waals surface area contributed by atoms with Crippen LogP contribution in [0.3, 0.4) is 0 Å². The Morgan fingerprint density at radius 2 is 1.89 bits per heavy atom. The third kappa shape index (κ3) is 5.89. The average Bonchev–Trinajstić information content (AvgIpc) is 3.15. The molecule has 0 aliphatic carbocycles. The maximum absolute atomic E-state index is 13.1. The summed E-state index contributed by atoms with van der Waals surface area (Å²) in [6.07, 6.45) is 6.00. The standard InChI is InChI=1S/C27H33N3O5/c1-2-3-16-35-22-9-7-20(8-10-22)25(31)23-24(21-6-4-11-28-19-21)30(27(33)26(23)32)13-5-12-29-14-17-34-18-15-29/h4,6-11,19,24,31H,2-3,5,12-18H2,1H3/b25-23+/t24-/m1/s1. The van der Waals surface area contributed by atoms with Crippen LogP contribution in [-0.2, 0) is 14.3 Å². The van der Waals surface area contributed by atoms with Gasteiger partial charge in [0.2, 0.25) is 0 Å². The number of nitrogens with zero attached hydrogens (tertiary/aromatic N) is 3. The molecular weight excluding hydrogens is 446 g/mol. The van der Waals surface area contributed by atoms with E-state index >= 15 is 0 Å². The van der Waals surface area contributed by atoms with E-state index in [4.69, 9.17) is 9.47 Å². The van der Waals surface area contributed by atoms with Gasteiger partial charge in [-0.05, 0) is 48.7 Å². The number of aliphatic hydroxyl groups is 1. The molecule has 2 aliphatic heterocycles. The van der Waals surface area contributed by atoms with Crippen molar-refractivity contribution in [3.8, 4) is 5.75 Å². The Bertz CT molecular complexity index is 1030. The molecule has 1 aromatic carbocycles. The fraction of sp³-hybridized carbons (Fsp3) is 0.444. The van der Waals surface area contributed by atoms with Gasteiger partial charge in [0.1, 0.15) is 11.5 Å². The molecule has 2 aromatic rings. The number of hydrogen-bond donors (Lipinski definition) is 1. The Kier molecular flexibility index (Phi) is 8.50. The molecule has 3 heterocycles. The zero-order valence-corrected chi connectivity index (χ0v) is 20.2. The molecule has 0 spiro atoms. The van der Waals surface area contributed by atoms with Crippen LogP contribution in [0.15, 0.2) is 54.4 Å². The summed E-state index contributed by atoms with van der Waals surface area (Å²) >= 11 is 0. The number of rotatable bonds is 10. The van der Waals surface area contributed by atoms with Gasteiger partial charge in [-0.2, -0.15) is 0 Å². The van der Waals surface area contributed by atoms with E-state index in [0.29, 0.717) is 49.7 Å². The third-order valence-corrected chi connectivity index (χ3v) is 6.41. The predicted molar refractivity (Wildman–Crippen MR) is 132 cm³/mol. The van der Waals surface area contributed by atoms with Crippen LogP contribution in [0.25, 0.3) is 5.76 Å². The summed E-state index contributed by atoms with van der Waals surface area (Å²) in [7, 11) is 0. The van der Waals surface area contributed by atoms with Gasteiger partial charge >= 0.3 is 0 Å². The lowest BCUT2D eigenvalue weighted by atomic mass is 9.96. The van der Waals surface area contributed by atoms with Crippen LogP contribution in [0.1, 0.15) is 43.4 Å². The van der Waals surface area contributed by atoms with Crippen molar-refractivity contribution in [3.05, 3.63) is 65.5 Å². The Balaban J connectivity index is 1.58. The summed E-state index contributed by atoms with van der Waals surface area (Å²) in [5, 5.41) is 11.2. The molecule has 0 bridgehead atoms. The summed E-state index contributed by atoms with van der Waals surface area (Å²) in [6.45, 7) is 7.09. The number of carbonyl (C=O) groups is 2. The molecule has 35 heavy (non-hydrogen) atoms. The van der Waals surface area contributed by atoms with Crippen molar-refractivity contribution in [2.24, 2.45) is 0 Å². The van der Waals surface area contributed by atoms with Crippen molar-refractivity contribution < 1.29 is 24.2 Å². The lowest BCUT2D eigenvalue weighted by molar-refractivity contribution is -0.140. The molecule has 0 radical (unpaired) electrons. The molecule has 2 fully saturated rings. The lowest BCUT2D eigenvalue weighted by Crippen LogP contribution is -2.39. The van der Waals surface area contributed by atoms with E-state index in [9.17, 15) is 14.7 Å². The highest BCUT2D eigenvalue weighted by Gasteiger charge is 2.45. The van der Waals surface area contributed by atoms with Crippen LogP contribution in [0.5, 0.6) is 5.75 Å². The van der Waals surface area contributed by atoms with Gasteiger partial charge in [0.25, 0.3) is 11.7 Å². The first-order valence-electron chi connectivity index (χ1n) is 12.3. The van der Waals surface area contributed by atoms with Crippen LogP contribution >= 0.6 is 0 Å². The first kappa shape index (κ1) is 24.9. The number of amides is 1. The average molecular weight is 480 g/mol. The molecule has 1 amide bonds. The second-order valence-corrected chi connectivity index (χ2v) is 8.81. The van der Waals surface area contributed by atoms with E-state index in [-0.39, 0.29) is 11.3 Å². The number of ether oxygens (including phenoxy) is 2. The number of benzene rings is 1. The minimum atomic E-state index is -0.686. The van der Waals surface area contributed by atoms with Crippen molar-refractivity contribution in [2.75, 3.05) is 46.0 Å². The Morgan fingerprint density at radius 3 is 2.57 bits per heavy atom. The monoisotopic (exact) mass is 479 g/mol. The zero-order chi connectivity index (χ0) is 24.6. The molecule has 4 rings (SSSR count). The van der Waals surface area contributed by atoms with Crippen LogP contribution in [-0.4, -0.2) is 77.6 Å². The number of carbonyl (C=O) groups excluding carboxylic acids is 2. The second-order valence-electron chi connectivity index (χ2n) is 8.81. The molecule has 8 heteroatoms. The highest BCUT2D eigenvalue weighted by molar-refractivity contribution is 6.46. The predicted octanol–water partition coefficient (Wildman–Crippen LogP) is 3.40. The first-order valence-corrected chi connectivity index (χ1v) is 12.3. The van der Waals surface area contributed by atoms with Crippen LogP contribution < -0.4 is 4.74 Å². The molecule has 8 nitrogen and oxygen atoms in total. The molecule has 0 unspecified atom stereocenters. The molecule has 1 N–H and O–H groups in total. The van der Waals surface area contributed by atoms with Crippen molar-refractivity contribution in [1.29, 1.82) is 0 Å². The number of ketones is 1. The number of likely N-dealkylation sites (tertiary alicyclic amines) is 1. The minimum absolute atomic E-state index is 0.0917. The number of pyridine rings is 1. The van der Waals surface area contributed by atoms with Crippen LogP contribution in [0, 0.1) is 0 Å². The van der Waals surface area contributed by atoms with E-state index in [1.807, 2.05) is 6.07 Å². The molecular formula is C27H33N3O5. The highest BCUT2D eigenvalue weighted by atomic mass is 16.5. The smallest absolute Gasteiger partial charge is 0.295 e. The SMILES string of the molecule is CCCCOc1ccc(/C(O)=C2\C(=O)C(=O)N(CCCN3CCOCC3)[C@@H]2c2cccnc2)cc1. The lowest BCUT2D eigenvalue weighted by Gasteiger charge is -2.29. The summed E-state index contributed by atoms with van der Waals surface area (Å²) < 4.78 is 11.1. The van der Waals surface area contributed by atoms with Crippen LogP contribution in [0.4, 0.5) is 0 Å². The largest absolute Gasteiger partial charge is 0.507 e. The fourth-order valence-corrected chi connectivity index (χ4v) is 4.48. The van der Waals surface area contributed by atoms with Gasteiger partial charge < -0.3 is 19.5 Å². The zero-order valence-electron chi connectivity index (χ0n) is 20.2.